The first kappa shape index (κ1) is 17.7. The Kier molecular flexibility index (Phi) is 4.70. The zero-order chi connectivity index (χ0) is 19.0. The van der Waals surface area contributed by atoms with Crippen molar-refractivity contribution in [3.05, 3.63) is 65.2 Å². The van der Waals surface area contributed by atoms with Crippen LogP contribution in [0.2, 0.25) is 5.02 Å². The minimum Gasteiger partial charge on any atom is -0.325 e. The molecule has 1 aliphatic heterocycles. The molecule has 2 fully saturated rings. The topological polar surface area (TPSA) is 57.7 Å². The summed E-state index contributed by atoms with van der Waals surface area (Å²) >= 11 is 6.26. The largest absolute Gasteiger partial charge is 0.325 e. The van der Waals surface area contributed by atoms with E-state index in [1.54, 1.807) is 35.2 Å². The van der Waals surface area contributed by atoms with Crippen molar-refractivity contribution >= 4 is 35.0 Å². The van der Waals surface area contributed by atoms with Crippen LogP contribution in [-0.2, 0) is 20.9 Å². The predicted octanol–water partition coefficient (Wildman–Crippen LogP) is 3.41. The zero-order valence-corrected chi connectivity index (χ0v) is 15.4. The molecule has 0 aromatic heterocycles. The van der Waals surface area contributed by atoms with E-state index in [1.165, 1.54) is 4.90 Å². The van der Waals surface area contributed by atoms with E-state index in [2.05, 4.69) is 0 Å². The van der Waals surface area contributed by atoms with E-state index in [9.17, 15) is 14.4 Å². The molecular weight excluding hydrogens is 364 g/mol. The van der Waals surface area contributed by atoms with Crippen molar-refractivity contribution in [2.24, 2.45) is 5.92 Å². The summed E-state index contributed by atoms with van der Waals surface area (Å²) in [5.74, 6) is -0.770. The van der Waals surface area contributed by atoms with Gasteiger partial charge in [0.25, 0.3) is 5.91 Å². The van der Waals surface area contributed by atoms with Gasteiger partial charge in [-0.3, -0.25) is 14.4 Å². The Morgan fingerprint density at radius 3 is 2.37 bits per heavy atom. The minimum atomic E-state index is -0.790. The Labute approximate surface area is 162 Å². The van der Waals surface area contributed by atoms with Gasteiger partial charge in [-0.1, -0.05) is 48.0 Å². The number of benzene rings is 2. The van der Waals surface area contributed by atoms with Crippen molar-refractivity contribution in [2.75, 3.05) is 4.90 Å². The smallest absolute Gasteiger partial charge is 0.257 e. The summed E-state index contributed by atoms with van der Waals surface area (Å²) in [5.41, 5.74) is 1.30. The molecule has 1 aliphatic carbocycles. The van der Waals surface area contributed by atoms with Crippen molar-refractivity contribution in [1.82, 2.24) is 4.90 Å². The van der Waals surface area contributed by atoms with Crippen molar-refractivity contribution < 1.29 is 14.4 Å². The summed E-state index contributed by atoms with van der Waals surface area (Å²) in [6.45, 7) is 0.224. The second-order valence-corrected chi connectivity index (χ2v) is 7.36. The highest BCUT2D eigenvalue weighted by atomic mass is 35.5. The number of halogens is 1. The number of carbonyl (C=O) groups is 3. The summed E-state index contributed by atoms with van der Waals surface area (Å²) in [6, 6.07) is 15.3. The molecule has 3 amide bonds. The minimum absolute atomic E-state index is 0.00333. The molecule has 1 unspecified atom stereocenters. The number of hydrogen-bond donors (Lipinski definition) is 0. The van der Waals surface area contributed by atoms with Gasteiger partial charge in [0.2, 0.25) is 11.8 Å². The van der Waals surface area contributed by atoms with Crippen molar-refractivity contribution in [3.8, 4) is 0 Å². The SMILES string of the molecule is O=C1CC(N(Cc2ccccc2Cl)C(=O)C2CC2)C(=O)N1c1ccccc1. The van der Waals surface area contributed by atoms with Crippen molar-refractivity contribution in [1.29, 1.82) is 0 Å². The number of anilines is 1. The van der Waals surface area contributed by atoms with Gasteiger partial charge >= 0.3 is 0 Å². The van der Waals surface area contributed by atoms with Gasteiger partial charge in [-0.2, -0.15) is 0 Å². The molecule has 0 N–H and O–H groups in total. The average Bonchev–Trinajstić information content (AvgIpc) is 3.47. The van der Waals surface area contributed by atoms with Crippen LogP contribution in [0.1, 0.15) is 24.8 Å². The van der Waals surface area contributed by atoms with Gasteiger partial charge in [-0.15, -0.1) is 0 Å². The van der Waals surface area contributed by atoms with E-state index in [0.717, 1.165) is 18.4 Å². The standard InChI is InChI=1S/C21H19ClN2O3/c22-17-9-5-4-6-15(17)13-23(20(26)14-10-11-14)18-12-19(25)24(21(18)27)16-7-2-1-3-8-16/h1-9,14,18H,10-13H2. The molecule has 27 heavy (non-hydrogen) atoms. The lowest BCUT2D eigenvalue weighted by Crippen LogP contribution is -2.45. The van der Waals surface area contributed by atoms with E-state index in [0.29, 0.717) is 10.7 Å². The lowest BCUT2D eigenvalue weighted by molar-refractivity contribution is -0.140. The molecule has 0 radical (unpaired) electrons. The molecule has 1 saturated carbocycles. The Morgan fingerprint density at radius 2 is 1.70 bits per heavy atom. The maximum Gasteiger partial charge on any atom is 0.257 e. The van der Waals surface area contributed by atoms with E-state index in [-0.39, 0.29) is 36.6 Å². The predicted molar refractivity (Wildman–Crippen MR) is 102 cm³/mol. The monoisotopic (exact) mass is 382 g/mol. The van der Waals surface area contributed by atoms with Gasteiger partial charge in [0.05, 0.1) is 12.1 Å². The van der Waals surface area contributed by atoms with Gasteiger partial charge in [-0.05, 0) is 36.6 Å². The Bertz CT molecular complexity index is 895. The van der Waals surface area contributed by atoms with Gasteiger partial charge in [0.1, 0.15) is 6.04 Å². The second kappa shape index (κ2) is 7.16. The fourth-order valence-corrected chi connectivity index (χ4v) is 3.62. The summed E-state index contributed by atoms with van der Waals surface area (Å²) in [7, 11) is 0. The highest BCUT2D eigenvalue weighted by molar-refractivity contribution is 6.31. The van der Waals surface area contributed by atoms with E-state index in [1.807, 2.05) is 24.3 Å². The Morgan fingerprint density at radius 1 is 1.04 bits per heavy atom. The molecule has 2 aromatic rings. The fraction of sp³-hybridized carbons (Fsp3) is 0.286. The highest BCUT2D eigenvalue weighted by Crippen LogP contribution is 2.35. The quantitative estimate of drug-likeness (QED) is 0.744. The maximum absolute atomic E-state index is 13.1. The molecule has 5 nitrogen and oxygen atoms in total. The van der Waals surface area contributed by atoms with Crippen LogP contribution < -0.4 is 4.90 Å². The molecule has 1 saturated heterocycles. The second-order valence-electron chi connectivity index (χ2n) is 6.95. The molecule has 1 atom stereocenters. The van der Waals surface area contributed by atoms with Crippen LogP contribution in [0, 0.1) is 5.92 Å². The summed E-state index contributed by atoms with van der Waals surface area (Å²) in [6.07, 6.45) is 1.65. The molecule has 1 heterocycles. The zero-order valence-electron chi connectivity index (χ0n) is 14.7. The maximum atomic E-state index is 13.1. The number of para-hydroxylation sites is 1. The number of imide groups is 1. The van der Waals surface area contributed by atoms with Crippen molar-refractivity contribution in [3.63, 3.8) is 0 Å². The fourth-order valence-electron chi connectivity index (χ4n) is 3.42. The third kappa shape index (κ3) is 3.47. The number of carbonyl (C=O) groups excluding carboxylic acids is 3. The number of hydrogen-bond acceptors (Lipinski definition) is 3. The van der Waals surface area contributed by atoms with Gasteiger partial charge in [-0.25, -0.2) is 4.90 Å². The van der Waals surface area contributed by atoms with Gasteiger partial charge in [0, 0.05) is 17.5 Å². The van der Waals surface area contributed by atoms with Crippen LogP contribution in [0.3, 0.4) is 0 Å². The third-order valence-corrected chi connectivity index (χ3v) is 5.39. The lowest BCUT2D eigenvalue weighted by atomic mass is 10.1. The molecule has 2 aliphatic rings. The van der Waals surface area contributed by atoms with Gasteiger partial charge < -0.3 is 4.90 Å². The van der Waals surface area contributed by atoms with Crippen LogP contribution in [0.4, 0.5) is 5.69 Å². The molecule has 4 rings (SSSR count). The van der Waals surface area contributed by atoms with Crippen LogP contribution in [0.15, 0.2) is 54.6 Å². The molecule has 0 bridgehead atoms. The van der Waals surface area contributed by atoms with Crippen LogP contribution in [0.25, 0.3) is 0 Å². The molecule has 138 valence electrons. The number of rotatable bonds is 5. The first-order valence-electron chi connectivity index (χ1n) is 9.02. The summed E-state index contributed by atoms with van der Waals surface area (Å²) < 4.78 is 0. The van der Waals surface area contributed by atoms with Gasteiger partial charge in [0.15, 0.2) is 0 Å². The Hall–Kier alpha value is -2.66. The first-order chi connectivity index (χ1) is 13.1. The van der Waals surface area contributed by atoms with E-state index in [4.69, 9.17) is 11.6 Å². The number of amides is 3. The lowest BCUT2D eigenvalue weighted by Gasteiger charge is -2.28. The van der Waals surface area contributed by atoms with Crippen LogP contribution in [0.5, 0.6) is 0 Å². The average molecular weight is 383 g/mol. The van der Waals surface area contributed by atoms with Crippen molar-refractivity contribution in [2.45, 2.75) is 31.8 Å². The van der Waals surface area contributed by atoms with E-state index < -0.39 is 6.04 Å². The normalized spacial score (nSPS) is 19.4. The van der Waals surface area contributed by atoms with E-state index >= 15 is 0 Å². The van der Waals surface area contributed by atoms with Crippen LogP contribution >= 0.6 is 11.6 Å². The first-order valence-corrected chi connectivity index (χ1v) is 9.40. The summed E-state index contributed by atoms with van der Waals surface area (Å²) in [5, 5.41) is 0.544. The highest BCUT2D eigenvalue weighted by Gasteiger charge is 2.46. The molecular formula is C21H19ClN2O3. The Balaban J connectivity index is 1.64. The molecule has 6 heteroatoms. The number of nitrogens with zero attached hydrogens (tertiary/aromatic N) is 2. The summed E-state index contributed by atoms with van der Waals surface area (Å²) in [4.78, 5) is 41.3. The molecule has 2 aromatic carbocycles. The third-order valence-electron chi connectivity index (χ3n) is 5.02. The van der Waals surface area contributed by atoms with Crippen LogP contribution in [-0.4, -0.2) is 28.7 Å². The molecule has 0 spiro atoms.